The van der Waals surface area contributed by atoms with Gasteiger partial charge in [0.1, 0.15) is 0 Å². The number of carbonyl (C=O) groups excluding carboxylic acids is 2. The van der Waals surface area contributed by atoms with Gasteiger partial charge in [0.15, 0.2) is 5.78 Å². The van der Waals surface area contributed by atoms with Crippen LogP contribution in [0.15, 0.2) is 83.8 Å². The minimum Gasteiger partial charge on any atom is -0.337 e. The summed E-state index contributed by atoms with van der Waals surface area (Å²) < 4.78 is 27.6. The summed E-state index contributed by atoms with van der Waals surface area (Å²) in [4.78, 5) is 28.3. The standard InChI is InChI=1S/C26H26N2O4S/c1-20-12-14-22(15-13-20)33(31,32)28-17-7-16-27(18-19-28)26(30)24-11-6-5-10-23(24)25(29)21-8-3-2-4-9-21/h2-6,8-15H,7,16-19H2,1H3. The molecule has 1 aliphatic heterocycles. The quantitative estimate of drug-likeness (QED) is 0.541. The second kappa shape index (κ2) is 9.68. The van der Waals surface area contributed by atoms with Gasteiger partial charge in [0, 0.05) is 37.3 Å². The van der Waals surface area contributed by atoms with E-state index in [-0.39, 0.29) is 29.7 Å². The third-order valence-corrected chi connectivity index (χ3v) is 7.75. The van der Waals surface area contributed by atoms with E-state index in [0.717, 1.165) is 5.56 Å². The number of hydrogen-bond donors (Lipinski definition) is 0. The zero-order valence-corrected chi connectivity index (χ0v) is 19.3. The molecule has 33 heavy (non-hydrogen) atoms. The summed E-state index contributed by atoms with van der Waals surface area (Å²) in [5, 5.41) is 0. The van der Waals surface area contributed by atoms with Gasteiger partial charge < -0.3 is 4.90 Å². The van der Waals surface area contributed by atoms with Crippen molar-refractivity contribution in [3.05, 3.63) is 101 Å². The topological polar surface area (TPSA) is 74.8 Å². The lowest BCUT2D eigenvalue weighted by molar-refractivity contribution is 0.0760. The average Bonchev–Trinajstić information content (AvgIpc) is 3.11. The molecular formula is C26H26N2O4S. The van der Waals surface area contributed by atoms with Crippen molar-refractivity contribution in [1.82, 2.24) is 9.21 Å². The number of hydrogen-bond acceptors (Lipinski definition) is 4. The third kappa shape index (κ3) is 4.89. The molecule has 1 saturated heterocycles. The van der Waals surface area contributed by atoms with Crippen LogP contribution in [0.3, 0.4) is 0 Å². The molecule has 0 spiro atoms. The Kier molecular flexibility index (Phi) is 6.72. The fraction of sp³-hybridized carbons (Fsp3) is 0.231. The Morgan fingerprint density at radius 3 is 2.06 bits per heavy atom. The van der Waals surface area contributed by atoms with Crippen molar-refractivity contribution in [1.29, 1.82) is 0 Å². The van der Waals surface area contributed by atoms with E-state index in [1.165, 1.54) is 4.31 Å². The van der Waals surface area contributed by atoms with Crippen molar-refractivity contribution < 1.29 is 18.0 Å². The first-order chi connectivity index (χ1) is 15.9. The Bertz CT molecular complexity index is 1250. The lowest BCUT2D eigenvalue weighted by Crippen LogP contribution is -2.37. The predicted octanol–water partition coefficient (Wildman–Crippen LogP) is 3.76. The minimum absolute atomic E-state index is 0.205. The molecule has 0 bridgehead atoms. The lowest BCUT2D eigenvalue weighted by atomic mass is 9.97. The molecule has 170 valence electrons. The highest BCUT2D eigenvalue weighted by molar-refractivity contribution is 7.89. The smallest absolute Gasteiger partial charge is 0.254 e. The predicted molar refractivity (Wildman–Crippen MR) is 127 cm³/mol. The maximum atomic E-state index is 13.4. The van der Waals surface area contributed by atoms with Gasteiger partial charge in [0.05, 0.1) is 10.5 Å². The molecule has 4 rings (SSSR count). The summed E-state index contributed by atoms with van der Waals surface area (Å²) in [6.07, 6.45) is 0.519. The van der Waals surface area contributed by atoms with E-state index in [1.54, 1.807) is 77.7 Å². The Morgan fingerprint density at radius 1 is 0.727 bits per heavy atom. The van der Waals surface area contributed by atoms with Gasteiger partial charge in [-0.3, -0.25) is 9.59 Å². The van der Waals surface area contributed by atoms with E-state index < -0.39 is 10.0 Å². The Balaban J connectivity index is 1.53. The maximum Gasteiger partial charge on any atom is 0.254 e. The molecule has 0 atom stereocenters. The largest absolute Gasteiger partial charge is 0.337 e. The lowest BCUT2D eigenvalue weighted by Gasteiger charge is -2.23. The average molecular weight is 463 g/mol. The van der Waals surface area contributed by atoms with Crippen molar-refractivity contribution in [3.8, 4) is 0 Å². The van der Waals surface area contributed by atoms with E-state index >= 15 is 0 Å². The molecule has 1 fully saturated rings. The second-order valence-electron chi connectivity index (χ2n) is 8.10. The van der Waals surface area contributed by atoms with E-state index in [1.807, 2.05) is 13.0 Å². The van der Waals surface area contributed by atoms with Crippen molar-refractivity contribution in [2.45, 2.75) is 18.2 Å². The van der Waals surface area contributed by atoms with Gasteiger partial charge in [-0.25, -0.2) is 8.42 Å². The summed E-state index contributed by atoms with van der Waals surface area (Å²) >= 11 is 0. The summed E-state index contributed by atoms with van der Waals surface area (Å²) in [6, 6.07) is 22.4. The maximum absolute atomic E-state index is 13.4. The van der Waals surface area contributed by atoms with E-state index in [0.29, 0.717) is 36.2 Å². The van der Waals surface area contributed by atoms with E-state index in [9.17, 15) is 18.0 Å². The molecule has 7 heteroatoms. The zero-order chi connectivity index (χ0) is 23.4. The molecule has 3 aromatic carbocycles. The van der Waals surface area contributed by atoms with Gasteiger partial charge in [0.25, 0.3) is 5.91 Å². The fourth-order valence-electron chi connectivity index (χ4n) is 3.98. The number of sulfonamides is 1. The van der Waals surface area contributed by atoms with E-state index in [2.05, 4.69) is 0 Å². The molecule has 0 aliphatic carbocycles. The number of benzene rings is 3. The molecule has 1 heterocycles. The Labute approximate surface area is 194 Å². The molecule has 6 nitrogen and oxygen atoms in total. The first-order valence-corrected chi connectivity index (χ1v) is 12.4. The van der Waals surface area contributed by atoms with Crippen molar-refractivity contribution >= 4 is 21.7 Å². The number of aryl methyl sites for hydroxylation is 1. The van der Waals surface area contributed by atoms with Crippen LogP contribution in [0.2, 0.25) is 0 Å². The highest BCUT2D eigenvalue weighted by atomic mass is 32.2. The second-order valence-corrected chi connectivity index (χ2v) is 10.0. The van der Waals surface area contributed by atoms with Gasteiger partial charge in [-0.1, -0.05) is 66.2 Å². The molecule has 1 aliphatic rings. The summed E-state index contributed by atoms with van der Waals surface area (Å²) in [5.41, 5.74) is 2.19. The van der Waals surface area contributed by atoms with Crippen LogP contribution >= 0.6 is 0 Å². The molecule has 0 radical (unpaired) electrons. The first kappa shape index (κ1) is 22.9. The minimum atomic E-state index is -3.63. The van der Waals surface area contributed by atoms with Gasteiger partial charge >= 0.3 is 0 Å². The summed E-state index contributed by atoms with van der Waals surface area (Å²) in [5.74, 6) is -0.470. The van der Waals surface area contributed by atoms with Gasteiger partial charge in [-0.05, 0) is 31.5 Å². The van der Waals surface area contributed by atoms with Gasteiger partial charge in [-0.15, -0.1) is 0 Å². The van der Waals surface area contributed by atoms with Crippen LogP contribution in [0, 0.1) is 6.92 Å². The Hall–Kier alpha value is -3.29. The van der Waals surface area contributed by atoms with Crippen LogP contribution in [0.4, 0.5) is 0 Å². The van der Waals surface area contributed by atoms with Crippen LogP contribution in [0.1, 0.15) is 38.3 Å². The molecule has 0 N–H and O–H groups in total. The first-order valence-electron chi connectivity index (χ1n) is 10.9. The van der Waals surface area contributed by atoms with Gasteiger partial charge in [-0.2, -0.15) is 4.31 Å². The third-order valence-electron chi connectivity index (χ3n) is 5.84. The van der Waals surface area contributed by atoms with Crippen LogP contribution in [0.5, 0.6) is 0 Å². The molecule has 3 aromatic rings. The number of ketones is 1. The number of nitrogens with zero attached hydrogens (tertiary/aromatic N) is 2. The summed E-state index contributed by atoms with van der Waals surface area (Å²) in [7, 11) is -3.63. The molecule has 0 unspecified atom stereocenters. The van der Waals surface area contributed by atoms with Gasteiger partial charge in [0.2, 0.25) is 10.0 Å². The van der Waals surface area contributed by atoms with Crippen LogP contribution in [-0.4, -0.2) is 55.5 Å². The fourth-order valence-corrected chi connectivity index (χ4v) is 5.45. The highest BCUT2D eigenvalue weighted by Crippen LogP contribution is 2.21. The molecule has 0 aromatic heterocycles. The SMILES string of the molecule is Cc1ccc(S(=O)(=O)N2CCCN(C(=O)c3ccccc3C(=O)c3ccccc3)CC2)cc1. The van der Waals surface area contributed by atoms with Crippen LogP contribution < -0.4 is 0 Å². The van der Waals surface area contributed by atoms with E-state index in [4.69, 9.17) is 0 Å². The highest BCUT2D eigenvalue weighted by Gasteiger charge is 2.29. The zero-order valence-electron chi connectivity index (χ0n) is 18.5. The number of amides is 1. The normalized spacial score (nSPS) is 15.1. The molecule has 0 saturated carbocycles. The summed E-state index contributed by atoms with van der Waals surface area (Å²) in [6.45, 7) is 3.14. The van der Waals surface area contributed by atoms with Crippen molar-refractivity contribution in [3.63, 3.8) is 0 Å². The van der Waals surface area contributed by atoms with Crippen molar-refractivity contribution in [2.24, 2.45) is 0 Å². The van der Waals surface area contributed by atoms with Crippen LogP contribution in [-0.2, 0) is 10.0 Å². The molecule has 1 amide bonds. The van der Waals surface area contributed by atoms with Crippen molar-refractivity contribution in [2.75, 3.05) is 26.2 Å². The van der Waals surface area contributed by atoms with Crippen LogP contribution in [0.25, 0.3) is 0 Å². The number of carbonyl (C=O) groups is 2. The monoisotopic (exact) mass is 462 g/mol. The Morgan fingerprint density at radius 2 is 1.36 bits per heavy atom. The number of rotatable bonds is 5. The molecular weight excluding hydrogens is 436 g/mol.